The third-order valence-corrected chi connectivity index (χ3v) is 3.41. The second-order valence-corrected chi connectivity index (χ2v) is 5.50. The van der Waals surface area contributed by atoms with E-state index in [1.165, 1.54) is 0 Å². The molecular formula is C17H16Cl2O4. The van der Waals surface area contributed by atoms with E-state index >= 15 is 0 Å². The molecule has 0 spiro atoms. The van der Waals surface area contributed by atoms with Crippen LogP contribution in [-0.4, -0.2) is 18.7 Å². The van der Waals surface area contributed by atoms with Crippen LogP contribution < -0.4 is 9.47 Å². The zero-order valence-corrected chi connectivity index (χ0v) is 14.2. The van der Waals surface area contributed by atoms with Crippen LogP contribution in [0.1, 0.15) is 13.8 Å². The van der Waals surface area contributed by atoms with E-state index in [4.69, 9.17) is 37.4 Å². The molecule has 23 heavy (non-hydrogen) atoms. The third-order valence-electron chi connectivity index (χ3n) is 2.88. The van der Waals surface area contributed by atoms with Gasteiger partial charge in [0.25, 0.3) is 0 Å². The highest BCUT2D eigenvalue weighted by Gasteiger charge is 2.15. The Balaban J connectivity index is 2.00. The Labute approximate surface area is 144 Å². The van der Waals surface area contributed by atoms with Gasteiger partial charge in [0.05, 0.1) is 11.6 Å². The summed E-state index contributed by atoms with van der Waals surface area (Å²) in [5.74, 6) is 1.23. The van der Waals surface area contributed by atoms with Crippen LogP contribution in [0.25, 0.3) is 0 Å². The highest BCUT2D eigenvalue weighted by Crippen LogP contribution is 2.32. The van der Waals surface area contributed by atoms with Crippen molar-refractivity contribution in [3.63, 3.8) is 0 Å². The van der Waals surface area contributed by atoms with Gasteiger partial charge in [-0.05, 0) is 56.3 Å². The fraction of sp³-hybridized carbons (Fsp3) is 0.235. The number of ether oxygens (including phenoxy) is 3. The Morgan fingerprint density at radius 3 is 2.35 bits per heavy atom. The van der Waals surface area contributed by atoms with Crippen LogP contribution in [0.2, 0.25) is 10.0 Å². The maximum atomic E-state index is 11.5. The van der Waals surface area contributed by atoms with Gasteiger partial charge in [-0.15, -0.1) is 0 Å². The van der Waals surface area contributed by atoms with Gasteiger partial charge in [0.15, 0.2) is 6.10 Å². The molecule has 0 amide bonds. The minimum absolute atomic E-state index is 0.321. The van der Waals surface area contributed by atoms with Crippen molar-refractivity contribution in [1.82, 2.24) is 0 Å². The molecule has 2 aromatic rings. The van der Waals surface area contributed by atoms with Gasteiger partial charge in [-0.1, -0.05) is 23.2 Å². The Morgan fingerprint density at radius 1 is 1.09 bits per heavy atom. The molecule has 0 aliphatic rings. The number of esters is 1. The molecule has 2 rings (SSSR count). The molecule has 0 aromatic heterocycles. The summed E-state index contributed by atoms with van der Waals surface area (Å²) >= 11 is 11.9. The Kier molecular flexibility index (Phi) is 6.13. The number of carbonyl (C=O) groups excluding carboxylic acids is 1. The Hall–Kier alpha value is -1.91. The van der Waals surface area contributed by atoms with Gasteiger partial charge < -0.3 is 14.2 Å². The van der Waals surface area contributed by atoms with E-state index in [0.717, 1.165) is 0 Å². The quantitative estimate of drug-likeness (QED) is 0.675. The first kappa shape index (κ1) is 17.4. The largest absolute Gasteiger partial charge is 0.479 e. The van der Waals surface area contributed by atoms with E-state index in [-0.39, 0.29) is 0 Å². The maximum Gasteiger partial charge on any atom is 0.347 e. The number of rotatable bonds is 6. The molecule has 0 saturated carbocycles. The van der Waals surface area contributed by atoms with Crippen molar-refractivity contribution >= 4 is 29.2 Å². The van der Waals surface area contributed by atoms with Crippen LogP contribution in [0, 0.1) is 0 Å². The van der Waals surface area contributed by atoms with Gasteiger partial charge in [0.1, 0.15) is 17.2 Å². The lowest BCUT2D eigenvalue weighted by atomic mass is 10.3. The summed E-state index contributed by atoms with van der Waals surface area (Å²) in [7, 11) is 0. The van der Waals surface area contributed by atoms with Crippen molar-refractivity contribution in [2.24, 2.45) is 0 Å². The molecule has 4 nitrogen and oxygen atoms in total. The molecule has 0 N–H and O–H groups in total. The van der Waals surface area contributed by atoms with Crippen LogP contribution in [0.3, 0.4) is 0 Å². The first-order valence-electron chi connectivity index (χ1n) is 7.06. The molecule has 2 aromatic carbocycles. The topological polar surface area (TPSA) is 44.8 Å². The molecule has 0 bridgehead atoms. The van der Waals surface area contributed by atoms with E-state index in [9.17, 15) is 4.79 Å². The molecule has 1 atom stereocenters. The molecule has 0 radical (unpaired) electrons. The molecule has 0 fully saturated rings. The summed E-state index contributed by atoms with van der Waals surface area (Å²) in [5.41, 5.74) is 0. The van der Waals surface area contributed by atoms with Crippen LogP contribution in [0.15, 0.2) is 42.5 Å². The molecule has 0 aliphatic heterocycles. The van der Waals surface area contributed by atoms with E-state index in [1.807, 2.05) is 0 Å². The molecule has 0 unspecified atom stereocenters. The fourth-order valence-corrected chi connectivity index (χ4v) is 2.23. The predicted molar refractivity (Wildman–Crippen MR) is 89.7 cm³/mol. The standard InChI is InChI=1S/C17H16Cl2O4/c1-3-21-17(20)11(2)22-13-5-7-14(8-6-13)23-16-9-4-12(18)10-15(16)19/h4-11H,3H2,1-2H3/t11-/m1/s1. The van der Waals surface area contributed by atoms with Crippen molar-refractivity contribution in [3.05, 3.63) is 52.5 Å². The summed E-state index contributed by atoms with van der Waals surface area (Å²) in [4.78, 5) is 11.5. The van der Waals surface area contributed by atoms with Gasteiger partial charge in [-0.2, -0.15) is 0 Å². The summed E-state index contributed by atoms with van der Waals surface area (Å²) < 4.78 is 16.1. The lowest BCUT2D eigenvalue weighted by Crippen LogP contribution is -2.25. The maximum absolute atomic E-state index is 11.5. The lowest BCUT2D eigenvalue weighted by molar-refractivity contribution is -0.150. The van der Waals surface area contributed by atoms with Crippen LogP contribution >= 0.6 is 23.2 Å². The van der Waals surface area contributed by atoms with Gasteiger partial charge in [-0.3, -0.25) is 0 Å². The van der Waals surface area contributed by atoms with Gasteiger partial charge in [-0.25, -0.2) is 4.79 Å². The molecule has 122 valence electrons. The van der Waals surface area contributed by atoms with Gasteiger partial charge >= 0.3 is 5.97 Å². The highest BCUT2D eigenvalue weighted by atomic mass is 35.5. The number of hydrogen-bond acceptors (Lipinski definition) is 4. The second kappa shape index (κ2) is 8.09. The van der Waals surface area contributed by atoms with Crippen LogP contribution in [0.5, 0.6) is 17.2 Å². The van der Waals surface area contributed by atoms with Crippen LogP contribution in [-0.2, 0) is 9.53 Å². The van der Waals surface area contributed by atoms with Crippen molar-refractivity contribution in [3.8, 4) is 17.2 Å². The molecular weight excluding hydrogens is 339 g/mol. The van der Waals surface area contributed by atoms with E-state index in [2.05, 4.69) is 0 Å². The van der Waals surface area contributed by atoms with E-state index in [0.29, 0.717) is 33.9 Å². The highest BCUT2D eigenvalue weighted by molar-refractivity contribution is 6.35. The van der Waals surface area contributed by atoms with Crippen molar-refractivity contribution in [2.45, 2.75) is 20.0 Å². The zero-order valence-electron chi connectivity index (χ0n) is 12.7. The third kappa shape index (κ3) is 5.05. The monoisotopic (exact) mass is 354 g/mol. The second-order valence-electron chi connectivity index (χ2n) is 4.66. The number of carbonyl (C=O) groups is 1. The van der Waals surface area contributed by atoms with E-state index in [1.54, 1.807) is 56.3 Å². The Bertz CT molecular complexity index is 671. The first-order chi connectivity index (χ1) is 11.0. The Morgan fingerprint density at radius 2 is 1.74 bits per heavy atom. The van der Waals surface area contributed by atoms with E-state index < -0.39 is 12.1 Å². The molecule has 0 aliphatic carbocycles. The molecule has 6 heteroatoms. The first-order valence-corrected chi connectivity index (χ1v) is 7.81. The molecule has 0 heterocycles. The van der Waals surface area contributed by atoms with Crippen LogP contribution in [0.4, 0.5) is 0 Å². The van der Waals surface area contributed by atoms with Crippen molar-refractivity contribution < 1.29 is 19.0 Å². The minimum Gasteiger partial charge on any atom is -0.479 e. The van der Waals surface area contributed by atoms with Gasteiger partial charge in [0.2, 0.25) is 0 Å². The smallest absolute Gasteiger partial charge is 0.347 e. The van der Waals surface area contributed by atoms with Crippen molar-refractivity contribution in [1.29, 1.82) is 0 Å². The average Bonchev–Trinajstić information content (AvgIpc) is 2.52. The molecule has 0 saturated heterocycles. The summed E-state index contributed by atoms with van der Waals surface area (Å²) in [6.07, 6.45) is -0.674. The normalized spacial score (nSPS) is 11.7. The number of halogens is 2. The predicted octanol–water partition coefficient (Wildman–Crippen LogP) is 5.12. The minimum atomic E-state index is -0.674. The number of hydrogen-bond donors (Lipinski definition) is 0. The summed E-state index contributed by atoms with van der Waals surface area (Å²) in [5, 5.41) is 0.966. The average molecular weight is 355 g/mol. The summed E-state index contributed by atoms with van der Waals surface area (Å²) in [6.45, 7) is 3.70. The SMILES string of the molecule is CCOC(=O)[C@@H](C)Oc1ccc(Oc2ccc(Cl)cc2Cl)cc1. The fourth-order valence-electron chi connectivity index (χ4n) is 1.78. The van der Waals surface area contributed by atoms with Gasteiger partial charge in [0, 0.05) is 5.02 Å². The lowest BCUT2D eigenvalue weighted by Gasteiger charge is -2.14. The zero-order chi connectivity index (χ0) is 16.8. The van der Waals surface area contributed by atoms with Crippen molar-refractivity contribution in [2.75, 3.05) is 6.61 Å². The summed E-state index contributed by atoms with van der Waals surface area (Å²) in [6, 6.07) is 11.8. The number of benzene rings is 2.